The van der Waals surface area contributed by atoms with E-state index in [-0.39, 0.29) is 0 Å². The highest BCUT2D eigenvalue weighted by molar-refractivity contribution is 6.33. The van der Waals surface area contributed by atoms with Gasteiger partial charge in [0.2, 0.25) is 0 Å². The third-order valence-corrected chi connectivity index (χ3v) is 3.62. The SMILES string of the molecule is N#Cc1ccc(NCc2ccnc3ccccc23)c(Cl)c1. The lowest BCUT2D eigenvalue weighted by Gasteiger charge is -2.10. The van der Waals surface area contributed by atoms with Crippen LogP contribution in [0.4, 0.5) is 5.69 Å². The number of benzene rings is 2. The van der Waals surface area contributed by atoms with Crippen molar-refractivity contribution in [3.05, 3.63) is 70.9 Å². The first-order valence-electron chi connectivity index (χ1n) is 6.54. The minimum atomic E-state index is 0.549. The van der Waals surface area contributed by atoms with Gasteiger partial charge in [-0.1, -0.05) is 29.8 Å². The molecule has 1 N–H and O–H groups in total. The van der Waals surface area contributed by atoms with Gasteiger partial charge < -0.3 is 5.32 Å². The van der Waals surface area contributed by atoms with Crippen LogP contribution in [0.3, 0.4) is 0 Å². The smallest absolute Gasteiger partial charge is 0.0992 e. The van der Waals surface area contributed by atoms with Gasteiger partial charge >= 0.3 is 0 Å². The Hall–Kier alpha value is -2.57. The summed E-state index contributed by atoms with van der Waals surface area (Å²) in [5.41, 5.74) is 3.50. The third-order valence-electron chi connectivity index (χ3n) is 3.31. The minimum Gasteiger partial charge on any atom is -0.380 e. The van der Waals surface area contributed by atoms with E-state index >= 15 is 0 Å². The molecule has 0 unspecified atom stereocenters. The summed E-state index contributed by atoms with van der Waals surface area (Å²) in [6.07, 6.45) is 1.81. The third kappa shape index (κ3) is 2.81. The molecule has 3 rings (SSSR count). The number of anilines is 1. The van der Waals surface area contributed by atoms with Gasteiger partial charge in [0.25, 0.3) is 0 Å². The van der Waals surface area contributed by atoms with Crippen LogP contribution < -0.4 is 5.32 Å². The number of halogens is 1. The fraction of sp³-hybridized carbons (Fsp3) is 0.0588. The van der Waals surface area contributed by atoms with Crippen LogP contribution in [-0.2, 0) is 6.54 Å². The van der Waals surface area contributed by atoms with E-state index in [4.69, 9.17) is 16.9 Å². The zero-order chi connectivity index (χ0) is 14.7. The van der Waals surface area contributed by atoms with Gasteiger partial charge in [-0.3, -0.25) is 4.98 Å². The molecule has 3 nitrogen and oxygen atoms in total. The zero-order valence-electron chi connectivity index (χ0n) is 11.2. The van der Waals surface area contributed by atoms with Crippen LogP contribution in [0.25, 0.3) is 10.9 Å². The second-order valence-corrected chi connectivity index (χ2v) is 5.05. The molecule has 0 radical (unpaired) electrons. The number of rotatable bonds is 3. The average molecular weight is 294 g/mol. The Morgan fingerprint density at radius 3 is 2.81 bits per heavy atom. The van der Waals surface area contributed by atoms with Crippen molar-refractivity contribution >= 4 is 28.2 Å². The number of nitrogens with one attached hydrogen (secondary N) is 1. The van der Waals surface area contributed by atoms with Gasteiger partial charge in [0.1, 0.15) is 0 Å². The summed E-state index contributed by atoms with van der Waals surface area (Å²) in [6, 6.07) is 17.3. The second kappa shape index (κ2) is 5.82. The van der Waals surface area contributed by atoms with Crippen molar-refractivity contribution in [2.24, 2.45) is 0 Å². The van der Waals surface area contributed by atoms with Crippen LogP contribution in [0, 0.1) is 11.3 Å². The van der Waals surface area contributed by atoms with Crippen molar-refractivity contribution in [1.29, 1.82) is 5.26 Å². The number of nitrogens with zero attached hydrogens (tertiary/aromatic N) is 2. The topological polar surface area (TPSA) is 48.7 Å². The van der Waals surface area contributed by atoms with E-state index in [1.165, 1.54) is 0 Å². The molecule has 0 aliphatic rings. The molecule has 0 bridgehead atoms. The van der Waals surface area contributed by atoms with Crippen LogP contribution in [0.1, 0.15) is 11.1 Å². The fourth-order valence-corrected chi connectivity index (χ4v) is 2.48. The number of aromatic nitrogens is 1. The first kappa shape index (κ1) is 13.4. The van der Waals surface area contributed by atoms with E-state index < -0.39 is 0 Å². The van der Waals surface area contributed by atoms with Crippen LogP contribution in [0.2, 0.25) is 5.02 Å². The van der Waals surface area contributed by atoms with E-state index in [1.54, 1.807) is 18.3 Å². The predicted octanol–water partition coefficient (Wildman–Crippen LogP) is 4.37. The van der Waals surface area contributed by atoms with Crippen molar-refractivity contribution in [1.82, 2.24) is 4.98 Å². The lowest BCUT2D eigenvalue weighted by Crippen LogP contribution is -2.01. The fourth-order valence-electron chi connectivity index (χ4n) is 2.23. The van der Waals surface area contributed by atoms with Crippen molar-refractivity contribution < 1.29 is 0 Å². The Balaban J connectivity index is 1.86. The minimum absolute atomic E-state index is 0.549. The van der Waals surface area contributed by atoms with Crippen LogP contribution in [0.15, 0.2) is 54.7 Å². The molecule has 2 aromatic carbocycles. The molecule has 21 heavy (non-hydrogen) atoms. The first-order chi connectivity index (χ1) is 10.3. The maximum absolute atomic E-state index is 8.84. The number of para-hydroxylation sites is 1. The second-order valence-electron chi connectivity index (χ2n) is 4.65. The molecule has 1 heterocycles. The van der Waals surface area contributed by atoms with Gasteiger partial charge in [-0.15, -0.1) is 0 Å². The lowest BCUT2D eigenvalue weighted by atomic mass is 10.1. The molecule has 0 aliphatic heterocycles. The Labute approximate surface area is 127 Å². The molecule has 3 aromatic rings. The van der Waals surface area contributed by atoms with E-state index in [9.17, 15) is 0 Å². The van der Waals surface area contributed by atoms with E-state index in [2.05, 4.69) is 22.4 Å². The van der Waals surface area contributed by atoms with Gasteiger partial charge in [-0.05, 0) is 35.9 Å². The Morgan fingerprint density at radius 1 is 1.14 bits per heavy atom. The molecule has 102 valence electrons. The van der Waals surface area contributed by atoms with Crippen LogP contribution >= 0.6 is 11.6 Å². The summed E-state index contributed by atoms with van der Waals surface area (Å²) < 4.78 is 0. The quantitative estimate of drug-likeness (QED) is 0.780. The Kier molecular flexibility index (Phi) is 3.72. The molecule has 0 fully saturated rings. The van der Waals surface area contributed by atoms with Gasteiger partial charge in [0, 0.05) is 18.1 Å². The largest absolute Gasteiger partial charge is 0.380 e. The van der Waals surface area contributed by atoms with Crippen molar-refractivity contribution in [3.8, 4) is 6.07 Å². The average Bonchev–Trinajstić information content (AvgIpc) is 2.53. The molecule has 0 aliphatic carbocycles. The number of pyridine rings is 1. The molecule has 0 saturated carbocycles. The van der Waals surface area contributed by atoms with Crippen molar-refractivity contribution in [2.75, 3.05) is 5.32 Å². The monoisotopic (exact) mass is 293 g/mol. The summed E-state index contributed by atoms with van der Waals surface area (Å²) in [5, 5.41) is 13.8. The van der Waals surface area contributed by atoms with Crippen LogP contribution in [0.5, 0.6) is 0 Å². The molecule has 0 spiro atoms. The summed E-state index contributed by atoms with van der Waals surface area (Å²) >= 11 is 6.17. The highest BCUT2D eigenvalue weighted by Gasteiger charge is 2.04. The molecule has 0 amide bonds. The van der Waals surface area contributed by atoms with Gasteiger partial charge in [-0.2, -0.15) is 5.26 Å². The number of hydrogen-bond acceptors (Lipinski definition) is 3. The highest BCUT2D eigenvalue weighted by Crippen LogP contribution is 2.24. The van der Waals surface area contributed by atoms with E-state index in [1.807, 2.05) is 30.3 Å². The lowest BCUT2D eigenvalue weighted by molar-refractivity contribution is 1.16. The highest BCUT2D eigenvalue weighted by atomic mass is 35.5. The molecule has 4 heteroatoms. The van der Waals surface area contributed by atoms with Gasteiger partial charge in [-0.25, -0.2) is 0 Å². The molecule has 0 saturated heterocycles. The summed E-state index contributed by atoms with van der Waals surface area (Å²) in [6.45, 7) is 0.647. The summed E-state index contributed by atoms with van der Waals surface area (Å²) in [5.74, 6) is 0. The van der Waals surface area contributed by atoms with Gasteiger partial charge in [0.05, 0.1) is 27.9 Å². The summed E-state index contributed by atoms with van der Waals surface area (Å²) in [4.78, 5) is 4.35. The maximum atomic E-state index is 8.84. The van der Waals surface area contributed by atoms with Crippen LogP contribution in [-0.4, -0.2) is 4.98 Å². The molecular formula is C17H12ClN3. The normalized spacial score (nSPS) is 10.3. The predicted molar refractivity (Wildman–Crippen MR) is 85.2 cm³/mol. The van der Waals surface area contributed by atoms with Gasteiger partial charge in [0.15, 0.2) is 0 Å². The van der Waals surface area contributed by atoms with E-state index in [0.29, 0.717) is 17.1 Å². The first-order valence-corrected chi connectivity index (χ1v) is 6.92. The number of fused-ring (bicyclic) bond motifs is 1. The molecule has 0 atom stereocenters. The number of hydrogen-bond donors (Lipinski definition) is 1. The molecule has 1 aromatic heterocycles. The van der Waals surface area contributed by atoms with E-state index in [0.717, 1.165) is 22.2 Å². The standard InChI is InChI=1S/C17H12ClN3/c18-15-9-12(10-19)5-6-17(15)21-11-13-7-8-20-16-4-2-1-3-14(13)16/h1-9,21H,11H2. The Bertz CT molecular complexity index is 832. The van der Waals surface area contributed by atoms with Crippen molar-refractivity contribution in [3.63, 3.8) is 0 Å². The Morgan fingerprint density at radius 2 is 2.00 bits per heavy atom. The van der Waals surface area contributed by atoms with Crippen molar-refractivity contribution in [2.45, 2.75) is 6.54 Å². The number of nitriles is 1. The zero-order valence-corrected chi connectivity index (χ0v) is 11.9. The molecular weight excluding hydrogens is 282 g/mol. The summed E-state index contributed by atoms with van der Waals surface area (Å²) in [7, 11) is 0. The maximum Gasteiger partial charge on any atom is 0.0992 e.